The molecule has 1 aliphatic rings. The van der Waals surface area contributed by atoms with E-state index in [1.807, 2.05) is 13.1 Å². The van der Waals surface area contributed by atoms with E-state index in [9.17, 15) is 0 Å². The van der Waals surface area contributed by atoms with E-state index in [0.29, 0.717) is 5.95 Å². The van der Waals surface area contributed by atoms with Gasteiger partial charge >= 0.3 is 0 Å². The maximum absolute atomic E-state index is 5.70. The highest BCUT2D eigenvalue weighted by molar-refractivity contribution is 5.68. The first kappa shape index (κ1) is 12.4. The van der Waals surface area contributed by atoms with Crippen molar-refractivity contribution in [2.75, 3.05) is 5.73 Å². The van der Waals surface area contributed by atoms with Crippen LogP contribution < -0.4 is 5.73 Å². The Hall–Kier alpha value is -2.36. The van der Waals surface area contributed by atoms with Gasteiger partial charge in [-0.3, -0.25) is 0 Å². The van der Waals surface area contributed by atoms with Gasteiger partial charge < -0.3 is 5.73 Å². The first-order valence-corrected chi connectivity index (χ1v) is 7.45. The molecule has 4 heteroatoms. The van der Waals surface area contributed by atoms with Gasteiger partial charge in [0.2, 0.25) is 5.95 Å². The summed E-state index contributed by atoms with van der Waals surface area (Å²) in [6, 6.07) is 8.98. The minimum atomic E-state index is 0.320. The van der Waals surface area contributed by atoms with Crippen molar-refractivity contribution in [3.8, 4) is 11.1 Å². The second-order valence-electron chi connectivity index (χ2n) is 5.84. The van der Waals surface area contributed by atoms with E-state index in [2.05, 4.69) is 34.3 Å². The lowest BCUT2D eigenvalue weighted by Crippen LogP contribution is -2.02. The van der Waals surface area contributed by atoms with Crippen LogP contribution in [0.4, 0.5) is 5.95 Å². The lowest BCUT2D eigenvalue weighted by Gasteiger charge is -2.16. The summed E-state index contributed by atoms with van der Waals surface area (Å²) < 4.78 is 1.78. The summed E-state index contributed by atoms with van der Waals surface area (Å²) in [7, 11) is 0. The molecule has 1 aromatic carbocycles. The van der Waals surface area contributed by atoms with Crippen LogP contribution in [0.1, 0.15) is 29.5 Å². The van der Waals surface area contributed by atoms with E-state index >= 15 is 0 Å². The molecule has 2 heterocycles. The Balaban J connectivity index is 1.86. The quantitative estimate of drug-likeness (QED) is 0.744. The molecule has 0 saturated carbocycles. The summed E-state index contributed by atoms with van der Waals surface area (Å²) in [5.41, 5.74) is 13.0. The second-order valence-corrected chi connectivity index (χ2v) is 5.84. The van der Waals surface area contributed by atoms with Crippen LogP contribution in [-0.4, -0.2) is 14.6 Å². The molecule has 4 rings (SSSR count). The zero-order valence-electron chi connectivity index (χ0n) is 12.1. The smallest absolute Gasteiger partial charge is 0.240 e. The van der Waals surface area contributed by atoms with Gasteiger partial charge in [-0.1, -0.05) is 18.2 Å². The standard InChI is InChI=1S/C17H18N4/c1-11-8-15(10-21-16(11)19-17(18)20-21)14-7-6-12-4-2-3-5-13(12)9-14/h6-10H,2-5H2,1H3,(H2,18,20). The van der Waals surface area contributed by atoms with Gasteiger partial charge in [-0.2, -0.15) is 4.98 Å². The van der Waals surface area contributed by atoms with Crippen LogP contribution in [0.25, 0.3) is 16.8 Å². The summed E-state index contributed by atoms with van der Waals surface area (Å²) in [6.07, 6.45) is 7.04. The normalized spacial score (nSPS) is 14.3. The van der Waals surface area contributed by atoms with Crippen molar-refractivity contribution in [3.63, 3.8) is 0 Å². The Morgan fingerprint density at radius 3 is 2.71 bits per heavy atom. The van der Waals surface area contributed by atoms with Crippen LogP contribution in [-0.2, 0) is 12.8 Å². The molecule has 21 heavy (non-hydrogen) atoms. The monoisotopic (exact) mass is 278 g/mol. The molecule has 2 aromatic heterocycles. The first-order valence-electron chi connectivity index (χ1n) is 7.45. The number of aromatic nitrogens is 3. The number of nitrogens with two attached hydrogens (primary N) is 1. The van der Waals surface area contributed by atoms with E-state index in [-0.39, 0.29) is 0 Å². The van der Waals surface area contributed by atoms with Crippen molar-refractivity contribution in [2.24, 2.45) is 0 Å². The predicted octanol–water partition coefficient (Wildman–Crippen LogP) is 3.17. The second kappa shape index (κ2) is 4.58. The topological polar surface area (TPSA) is 56.2 Å². The van der Waals surface area contributed by atoms with Crippen LogP contribution in [0.5, 0.6) is 0 Å². The maximum Gasteiger partial charge on any atom is 0.240 e. The number of aryl methyl sites for hydroxylation is 3. The third kappa shape index (κ3) is 2.07. The molecule has 0 unspecified atom stereocenters. The fourth-order valence-corrected chi connectivity index (χ4v) is 3.24. The minimum Gasteiger partial charge on any atom is -0.366 e. The van der Waals surface area contributed by atoms with Gasteiger partial charge in [0.05, 0.1) is 0 Å². The number of pyridine rings is 1. The molecule has 0 spiro atoms. The molecule has 0 amide bonds. The molecular formula is C17H18N4. The average Bonchev–Trinajstić information content (AvgIpc) is 2.88. The van der Waals surface area contributed by atoms with Gasteiger partial charge in [0.1, 0.15) is 0 Å². The summed E-state index contributed by atoms with van der Waals surface area (Å²) in [5, 5.41) is 4.23. The van der Waals surface area contributed by atoms with E-state index in [4.69, 9.17) is 5.73 Å². The third-order valence-corrected chi connectivity index (χ3v) is 4.32. The molecular weight excluding hydrogens is 260 g/mol. The van der Waals surface area contributed by atoms with Gasteiger partial charge in [-0.25, -0.2) is 4.52 Å². The summed E-state index contributed by atoms with van der Waals surface area (Å²) >= 11 is 0. The minimum absolute atomic E-state index is 0.320. The van der Waals surface area contributed by atoms with Crippen LogP contribution in [0.2, 0.25) is 0 Å². The molecule has 1 aliphatic carbocycles. The van der Waals surface area contributed by atoms with Crippen molar-refractivity contribution in [3.05, 3.63) is 47.2 Å². The Bertz CT molecular complexity index is 832. The Morgan fingerprint density at radius 1 is 1.05 bits per heavy atom. The van der Waals surface area contributed by atoms with Crippen LogP contribution in [0.15, 0.2) is 30.5 Å². The van der Waals surface area contributed by atoms with E-state index < -0.39 is 0 Å². The largest absolute Gasteiger partial charge is 0.366 e. The molecule has 3 aromatic rings. The number of anilines is 1. The molecule has 4 nitrogen and oxygen atoms in total. The van der Waals surface area contributed by atoms with Gasteiger partial charge in [0.15, 0.2) is 5.65 Å². The third-order valence-electron chi connectivity index (χ3n) is 4.32. The summed E-state index contributed by atoms with van der Waals surface area (Å²) in [5.74, 6) is 0.320. The maximum atomic E-state index is 5.70. The van der Waals surface area contributed by atoms with Gasteiger partial charge in [0, 0.05) is 11.8 Å². The molecule has 106 valence electrons. The highest BCUT2D eigenvalue weighted by Crippen LogP contribution is 2.28. The van der Waals surface area contributed by atoms with Crippen molar-refractivity contribution >= 4 is 11.6 Å². The molecule has 0 bridgehead atoms. The highest BCUT2D eigenvalue weighted by atomic mass is 15.3. The van der Waals surface area contributed by atoms with Crippen LogP contribution in [0, 0.1) is 6.92 Å². The molecule has 0 radical (unpaired) electrons. The van der Waals surface area contributed by atoms with Gasteiger partial charge in [-0.15, -0.1) is 5.10 Å². The number of nitrogens with zero attached hydrogens (tertiary/aromatic N) is 3. The van der Waals surface area contributed by atoms with Gasteiger partial charge in [-0.05, 0) is 60.9 Å². The van der Waals surface area contributed by atoms with Crippen molar-refractivity contribution in [1.29, 1.82) is 0 Å². The molecule has 2 N–H and O–H groups in total. The Labute approximate surface area is 123 Å². The average molecular weight is 278 g/mol. The van der Waals surface area contributed by atoms with Crippen molar-refractivity contribution in [1.82, 2.24) is 14.6 Å². The number of rotatable bonds is 1. The number of fused-ring (bicyclic) bond motifs is 2. The van der Waals surface area contributed by atoms with E-state index in [1.54, 1.807) is 4.52 Å². The summed E-state index contributed by atoms with van der Waals surface area (Å²) in [4.78, 5) is 4.25. The zero-order chi connectivity index (χ0) is 14.4. The predicted molar refractivity (Wildman–Crippen MR) is 84.2 cm³/mol. The number of nitrogen functional groups attached to an aromatic ring is 1. The van der Waals surface area contributed by atoms with Crippen molar-refractivity contribution in [2.45, 2.75) is 32.6 Å². The van der Waals surface area contributed by atoms with Crippen molar-refractivity contribution < 1.29 is 0 Å². The van der Waals surface area contributed by atoms with Gasteiger partial charge in [0.25, 0.3) is 0 Å². The zero-order valence-corrected chi connectivity index (χ0v) is 12.1. The molecule has 0 fully saturated rings. The SMILES string of the molecule is Cc1cc(-c2ccc3c(c2)CCCC3)cn2nc(N)nc12. The Kier molecular flexibility index (Phi) is 2.70. The fourth-order valence-electron chi connectivity index (χ4n) is 3.24. The van der Waals surface area contributed by atoms with E-state index in [1.165, 1.54) is 47.9 Å². The number of hydrogen-bond donors (Lipinski definition) is 1. The van der Waals surface area contributed by atoms with Crippen LogP contribution in [0.3, 0.4) is 0 Å². The van der Waals surface area contributed by atoms with Crippen LogP contribution >= 0.6 is 0 Å². The Morgan fingerprint density at radius 2 is 1.86 bits per heavy atom. The fraction of sp³-hybridized carbons (Fsp3) is 0.294. The molecule has 0 saturated heterocycles. The lowest BCUT2D eigenvalue weighted by molar-refractivity contribution is 0.686. The lowest BCUT2D eigenvalue weighted by atomic mass is 9.89. The summed E-state index contributed by atoms with van der Waals surface area (Å²) in [6.45, 7) is 2.05. The van der Waals surface area contributed by atoms with E-state index in [0.717, 1.165) is 11.2 Å². The molecule has 0 aliphatic heterocycles. The number of hydrogen-bond acceptors (Lipinski definition) is 3. The number of benzene rings is 1. The molecule has 0 atom stereocenters. The highest BCUT2D eigenvalue weighted by Gasteiger charge is 2.12. The first-order chi connectivity index (χ1) is 10.2.